The third-order valence-electron chi connectivity index (χ3n) is 2.92. The van der Waals surface area contributed by atoms with Crippen LogP contribution in [0.1, 0.15) is 11.1 Å². The van der Waals surface area contributed by atoms with Crippen molar-refractivity contribution in [3.8, 4) is 0 Å². The van der Waals surface area contributed by atoms with Crippen molar-refractivity contribution in [2.45, 2.75) is 0 Å². The second-order valence-corrected chi connectivity index (χ2v) is 5.61. The molecule has 1 amide bonds. The Morgan fingerprint density at radius 3 is 2.79 bits per heavy atom. The molecule has 0 bridgehead atoms. The third kappa shape index (κ3) is 2.44. The number of carbonyl (C=O) groups is 1. The highest BCUT2D eigenvalue weighted by Crippen LogP contribution is 2.35. The van der Waals surface area contributed by atoms with Crippen LogP contribution in [0.2, 0.25) is 5.02 Å². The number of hydrogen-bond acceptors (Lipinski definition) is 1. The van der Waals surface area contributed by atoms with Gasteiger partial charge in [-0.3, -0.25) is 4.79 Å². The molecule has 1 aliphatic heterocycles. The van der Waals surface area contributed by atoms with Crippen LogP contribution in [0.4, 0.5) is 5.69 Å². The van der Waals surface area contributed by atoms with Crippen molar-refractivity contribution < 1.29 is 4.79 Å². The SMILES string of the molecule is O=C1Nc2cc(Cl)ccc2/C1=C\c1cccc(Br)c1. The van der Waals surface area contributed by atoms with Crippen molar-refractivity contribution in [1.29, 1.82) is 0 Å². The number of halogens is 2. The van der Waals surface area contributed by atoms with Crippen molar-refractivity contribution >= 4 is 50.8 Å². The zero-order valence-electron chi connectivity index (χ0n) is 9.78. The van der Waals surface area contributed by atoms with Crippen LogP contribution in [-0.4, -0.2) is 5.91 Å². The van der Waals surface area contributed by atoms with E-state index < -0.39 is 0 Å². The smallest absolute Gasteiger partial charge is 0.256 e. The first-order valence-electron chi connectivity index (χ1n) is 5.72. The molecule has 0 unspecified atom stereocenters. The van der Waals surface area contributed by atoms with Crippen LogP contribution < -0.4 is 5.32 Å². The molecule has 2 nitrogen and oxygen atoms in total. The molecule has 0 aromatic heterocycles. The highest BCUT2D eigenvalue weighted by atomic mass is 79.9. The fraction of sp³-hybridized carbons (Fsp3) is 0. The van der Waals surface area contributed by atoms with E-state index in [4.69, 9.17) is 11.6 Å². The molecule has 0 fully saturated rings. The number of hydrogen-bond donors (Lipinski definition) is 1. The quantitative estimate of drug-likeness (QED) is 0.759. The molecule has 0 saturated carbocycles. The standard InChI is InChI=1S/C15H9BrClNO/c16-10-3-1-2-9(6-10)7-13-12-5-4-11(17)8-14(12)18-15(13)19/h1-8H,(H,18,19)/b13-7+. The van der Waals surface area contributed by atoms with Gasteiger partial charge in [-0.2, -0.15) is 0 Å². The summed E-state index contributed by atoms with van der Waals surface area (Å²) < 4.78 is 0.983. The van der Waals surface area contributed by atoms with E-state index in [0.717, 1.165) is 21.3 Å². The van der Waals surface area contributed by atoms with Crippen molar-refractivity contribution in [3.63, 3.8) is 0 Å². The number of carbonyl (C=O) groups excluding carboxylic acids is 1. The Balaban J connectivity index is 2.09. The van der Waals surface area contributed by atoms with Crippen LogP contribution in [0.25, 0.3) is 11.6 Å². The third-order valence-corrected chi connectivity index (χ3v) is 3.65. The summed E-state index contributed by atoms with van der Waals surface area (Å²) in [4.78, 5) is 12.0. The molecule has 0 atom stereocenters. The number of anilines is 1. The van der Waals surface area contributed by atoms with Gasteiger partial charge in [-0.1, -0.05) is 45.7 Å². The van der Waals surface area contributed by atoms with Crippen LogP contribution in [0, 0.1) is 0 Å². The minimum absolute atomic E-state index is 0.0998. The van der Waals surface area contributed by atoms with Crippen LogP contribution >= 0.6 is 27.5 Å². The minimum atomic E-state index is -0.0998. The summed E-state index contributed by atoms with van der Waals surface area (Å²) in [5.41, 5.74) is 3.28. The number of amides is 1. The maximum atomic E-state index is 12.0. The van der Waals surface area contributed by atoms with Gasteiger partial charge in [-0.15, -0.1) is 0 Å². The molecule has 94 valence electrons. The first kappa shape index (κ1) is 12.5. The van der Waals surface area contributed by atoms with Crippen molar-refractivity contribution in [1.82, 2.24) is 0 Å². The van der Waals surface area contributed by atoms with Crippen LogP contribution in [0.5, 0.6) is 0 Å². The monoisotopic (exact) mass is 333 g/mol. The maximum Gasteiger partial charge on any atom is 0.256 e. The predicted octanol–water partition coefficient (Wildman–Crippen LogP) is 4.60. The Morgan fingerprint density at radius 2 is 2.00 bits per heavy atom. The number of fused-ring (bicyclic) bond motifs is 1. The predicted molar refractivity (Wildman–Crippen MR) is 82.1 cm³/mol. The summed E-state index contributed by atoms with van der Waals surface area (Å²) in [5.74, 6) is -0.0998. The van der Waals surface area contributed by atoms with E-state index >= 15 is 0 Å². The lowest BCUT2D eigenvalue weighted by molar-refractivity contribution is -0.110. The van der Waals surface area contributed by atoms with Gasteiger partial charge in [0.15, 0.2) is 0 Å². The van der Waals surface area contributed by atoms with Gasteiger partial charge >= 0.3 is 0 Å². The van der Waals surface area contributed by atoms with Crippen LogP contribution in [-0.2, 0) is 4.79 Å². The van der Waals surface area contributed by atoms with E-state index in [9.17, 15) is 4.79 Å². The lowest BCUT2D eigenvalue weighted by atomic mass is 10.0. The molecular weight excluding hydrogens is 326 g/mol. The summed E-state index contributed by atoms with van der Waals surface area (Å²) in [6.07, 6.45) is 1.87. The fourth-order valence-corrected chi connectivity index (χ4v) is 2.66. The van der Waals surface area contributed by atoms with Gasteiger partial charge in [0, 0.05) is 20.6 Å². The zero-order chi connectivity index (χ0) is 13.4. The molecule has 1 aliphatic rings. The molecule has 3 rings (SSSR count). The zero-order valence-corrected chi connectivity index (χ0v) is 12.1. The van der Waals surface area contributed by atoms with Crippen LogP contribution in [0.15, 0.2) is 46.9 Å². The van der Waals surface area contributed by atoms with Gasteiger partial charge in [0.25, 0.3) is 5.91 Å². The highest BCUT2D eigenvalue weighted by Gasteiger charge is 2.23. The number of rotatable bonds is 1. The summed E-state index contributed by atoms with van der Waals surface area (Å²) >= 11 is 9.34. The van der Waals surface area contributed by atoms with E-state index in [1.165, 1.54) is 0 Å². The van der Waals surface area contributed by atoms with Gasteiger partial charge in [0.1, 0.15) is 0 Å². The maximum absolute atomic E-state index is 12.0. The Labute approximate surface area is 124 Å². The van der Waals surface area contributed by atoms with Gasteiger partial charge in [-0.05, 0) is 35.9 Å². The van der Waals surface area contributed by atoms with E-state index in [-0.39, 0.29) is 5.91 Å². The molecule has 0 radical (unpaired) electrons. The Kier molecular flexibility index (Phi) is 3.17. The van der Waals surface area contributed by atoms with Crippen molar-refractivity contribution in [2.75, 3.05) is 5.32 Å². The second-order valence-electron chi connectivity index (χ2n) is 4.26. The first-order chi connectivity index (χ1) is 9.13. The molecule has 0 aliphatic carbocycles. The Morgan fingerprint density at radius 1 is 1.16 bits per heavy atom. The van der Waals surface area contributed by atoms with Gasteiger partial charge in [0.05, 0.1) is 5.69 Å². The van der Waals surface area contributed by atoms with Gasteiger partial charge in [0.2, 0.25) is 0 Å². The minimum Gasteiger partial charge on any atom is -0.321 e. The number of nitrogens with one attached hydrogen (secondary N) is 1. The summed E-state index contributed by atoms with van der Waals surface area (Å²) in [7, 11) is 0. The van der Waals surface area contributed by atoms with Crippen molar-refractivity contribution in [3.05, 3.63) is 63.1 Å². The molecule has 4 heteroatoms. The average molecular weight is 335 g/mol. The Bertz CT molecular complexity index is 709. The summed E-state index contributed by atoms with van der Waals surface area (Å²) in [5, 5.41) is 3.43. The molecule has 2 aromatic rings. The van der Waals surface area contributed by atoms with Gasteiger partial charge < -0.3 is 5.32 Å². The molecule has 1 heterocycles. The largest absolute Gasteiger partial charge is 0.321 e. The molecular formula is C15H9BrClNO. The topological polar surface area (TPSA) is 29.1 Å². The lowest BCUT2D eigenvalue weighted by Gasteiger charge is -1.99. The van der Waals surface area contributed by atoms with Crippen LogP contribution in [0.3, 0.4) is 0 Å². The van der Waals surface area contributed by atoms with E-state index in [1.807, 2.05) is 36.4 Å². The van der Waals surface area contributed by atoms with E-state index in [0.29, 0.717) is 10.6 Å². The number of benzene rings is 2. The molecule has 2 aromatic carbocycles. The van der Waals surface area contributed by atoms with E-state index in [1.54, 1.807) is 12.1 Å². The molecule has 1 N–H and O–H groups in total. The molecule has 0 spiro atoms. The molecule has 19 heavy (non-hydrogen) atoms. The van der Waals surface area contributed by atoms with Gasteiger partial charge in [-0.25, -0.2) is 0 Å². The second kappa shape index (κ2) is 4.83. The Hall–Kier alpha value is -1.58. The fourth-order valence-electron chi connectivity index (χ4n) is 2.07. The van der Waals surface area contributed by atoms with E-state index in [2.05, 4.69) is 21.2 Å². The molecule has 0 saturated heterocycles. The first-order valence-corrected chi connectivity index (χ1v) is 6.89. The summed E-state index contributed by atoms with van der Waals surface area (Å²) in [6.45, 7) is 0. The lowest BCUT2D eigenvalue weighted by Crippen LogP contribution is -2.03. The average Bonchev–Trinajstić information content (AvgIpc) is 2.65. The normalized spacial score (nSPS) is 15.5. The van der Waals surface area contributed by atoms with Crippen molar-refractivity contribution in [2.24, 2.45) is 0 Å². The summed E-state index contributed by atoms with van der Waals surface area (Å²) in [6, 6.07) is 13.2. The highest BCUT2D eigenvalue weighted by molar-refractivity contribution is 9.10.